The summed E-state index contributed by atoms with van der Waals surface area (Å²) in [6.45, 7) is 5.59. The molecule has 7 heteroatoms. The maximum absolute atomic E-state index is 13.9. The summed E-state index contributed by atoms with van der Waals surface area (Å²) in [6, 6.07) is 35.0. The van der Waals surface area contributed by atoms with Crippen LogP contribution in [0, 0.1) is 5.82 Å². The zero-order valence-electron chi connectivity index (χ0n) is 28.3. The number of halogens is 1. The number of hydrogen-bond donors (Lipinski definition) is 0. The van der Waals surface area contributed by atoms with Crippen molar-refractivity contribution in [2.45, 2.75) is 52.2 Å². The summed E-state index contributed by atoms with van der Waals surface area (Å²) < 4.78 is 43.7. The summed E-state index contributed by atoms with van der Waals surface area (Å²) in [5.41, 5.74) is 5.95. The molecule has 6 nitrogen and oxygen atoms in total. The second-order valence-electron chi connectivity index (χ2n) is 11.5. The molecule has 5 aromatic rings. The lowest BCUT2D eigenvalue weighted by molar-refractivity contribution is -0.149. The third-order valence-corrected chi connectivity index (χ3v) is 8.11. The monoisotopic (exact) mass is 662 g/mol. The van der Waals surface area contributed by atoms with Gasteiger partial charge in [0.1, 0.15) is 35.4 Å². The fourth-order valence-electron chi connectivity index (χ4n) is 5.72. The predicted octanol–water partition coefficient (Wildman–Crippen LogP) is 9.73. The standard InChI is InChI=1S/C42H43FO6/c1-4-13-37-36(5-2)40(31-18-20-33(43)21-19-31)39(48-29-30-14-8-6-9-15-30)28-38(37)47-27-12-26-46-34-22-24-35(25-23-34)49-41(42(44)45-3)32-16-10-7-11-17-32/h6-11,14-25,28,41H,4-5,12-13,26-27,29H2,1-3H3. The average molecular weight is 663 g/mol. The predicted molar refractivity (Wildman–Crippen MR) is 190 cm³/mol. The minimum Gasteiger partial charge on any atom is -0.493 e. The van der Waals surface area contributed by atoms with Crippen LogP contribution in [0.25, 0.3) is 11.1 Å². The minimum atomic E-state index is -0.866. The molecule has 0 aliphatic heterocycles. The third kappa shape index (κ3) is 9.41. The Morgan fingerprint density at radius 2 is 1.37 bits per heavy atom. The molecule has 0 bridgehead atoms. The van der Waals surface area contributed by atoms with Crippen molar-refractivity contribution in [3.8, 4) is 34.1 Å². The van der Waals surface area contributed by atoms with Crippen LogP contribution in [0.2, 0.25) is 0 Å². The minimum absolute atomic E-state index is 0.274. The van der Waals surface area contributed by atoms with Gasteiger partial charge in [-0.05, 0) is 71.5 Å². The molecule has 0 saturated heterocycles. The molecule has 0 N–H and O–H groups in total. The zero-order chi connectivity index (χ0) is 34.4. The van der Waals surface area contributed by atoms with Crippen molar-refractivity contribution in [3.05, 3.63) is 143 Å². The summed E-state index contributed by atoms with van der Waals surface area (Å²) in [4.78, 5) is 12.4. The molecule has 0 aliphatic rings. The number of carbonyl (C=O) groups is 1. The molecule has 0 fully saturated rings. The second kappa shape index (κ2) is 17.7. The Hall–Kier alpha value is -5.30. The summed E-state index contributed by atoms with van der Waals surface area (Å²) in [5, 5.41) is 0. The Labute approximate surface area is 288 Å². The van der Waals surface area contributed by atoms with Gasteiger partial charge in [0, 0.05) is 23.6 Å². The molecular weight excluding hydrogens is 619 g/mol. The first-order valence-corrected chi connectivity index (χ1v) is 16.8. The van der Waals surface area contributed by atoms with Crippen molar-refractivity contribution in [1.29, 1.82) is 0 Å². The Morgan fingerprint density at radius 1 is 0.714 bits per heavy atom. The van der Waals surface area contributed by atoms with Crippen LogP contribution in [0.3, 0.4) is 0 Å². The highest BCUT2D eigenvalue weighted by Crippen LogP contribution is 2.42. The molecule has 0 spiro atoms. The van der Waals surface area contributed by atoms with Gasteiger partial charge >= 0.3 is 5.97 Å². The number of esters is 1. The molecule has 1 unspecified atom stereocenters. The molecule has 1 atom stereocenters. The van der Waals surface area contributed by atoms with E-state index in [1.54, 1.807) is 12.1 Å². The van der Waals surface area contributed by atoms with E-state index in [0.717, 1.165) is 52.8 Å². The van der Waals surface area contributed by atoms with Crippen LogP contribution in [0.1, 0.15) is 55.0 Å². The number of methoxy groups -OCH3 is 1. The van der Waals surface area contributed by atoms with E-state index in [-0.39, 0.29) is 5.82 Å². The van der Waals surface area contributed by atoms with Crippen LogP contribution in [0.15, 0.2) is 115 Å². The van der Waals surface area contributed by atoms with Crippen molar-refractivity contribution in [1.82, 2.24) is 0 Å². The van der Waals surface area contributed by atoms with Crippen molar-refractivity contribution in [2.24, 2.45) is 0 Å². The van der Waals surface area contributed by atoms with Gasteiger partial charge in [0.2, 0.25) is 6.10 Å². The second-order valence-corrected chi connectivity index (χ2v) is 11.5. The maximum atomic E-state index is 13.9. The quantitative estimate of drug-likeness (QED) is 0.0730. The van der Waals surface area contributed by atoms with Gasteiger partial charge < -0.3 is 23.7 Å². The lowest BCUT2D eigenvalue weighted by Gasteiger charge is -2.22. The third-order valence-electron chi connectivity index (χ3n) is 8.11. The molecule has 0 amide bonds. The van der Waals surface area contributed by atoms with Gasteiger partial charge in [0.25, 0.3) is 0 Å². The maximum Gasteiger partial charge on any atom is 0.351 e. The van der Waals surface area contributed by atoms with Gasteiger partial charge in [-0.3, -0.25) is 0 Å². The fraction of sp³-hybridized carbons (Fsp3) is 0.262. The van der Waals surface area contributed by atoms with E-state index in [1.807, 2.05) is 91.0 Å². The lowest BCUT2D eigenvalue weighted by atomic mass is 9.90. The topological polar surface area (TPSA) is 63.2 Å². The molecule has 49 heavy (non-hydrogen) atoms. The smallest absolute Gasteiger partial charge is 0.351 e. The highest BCUT2D eigenvalue weighted by molar-refractivity contribution is 5.78. The highest BCUT2D eigenvalue weighted by atomic mass is 19.1. The van der Waals surface area contributed by atoms with Crippen LogP contribution >= 0.6 is 0 Å². The van der Waals surface area contributed by atoms with Gasteiger partial charge in [-0.25, -0.2) is 9.18 Å². The Bertz CT molecular complexity index is 1760. The summed E-state index contributed by atoms with van der Waals surface area (Å²) in [7, 11) is 1.34. The molecule has 0 saturated carbocycles. The number of ether oxygens (including phenoxy) is 5. The summed E-state index contributed by atoms with van der Waals surface area (Å²) in [5.74, 6) is 1.97. The molecule has 5 rings (SSSR count). The van der Waals surface area contributed by atoms with E-state index in [0.29, 0.717) is 49.1 Å². The first-order chi connectivity index (χ1) is 24.0. The van der Waals surface area contributed by atoms with Crippen LogP contribution in [0.4, 0.5) is 4.39 Å². The van der Waals surface area contributed by atoms with Crippen molar-refractivity contribution < 1.29 is 32.9 Å². The largest absolute Gasteiger partial charge is 0.493 e. The molecular formula is C42H43FO6. The molecule has 254 valence electrons. The zero-order valence-corrected chi connectivity index (χ0v) is 28.3. The Morgan fingerprint density at radius 3 is 2.02 bits per heavy atom. The summed E-state index contributed by atoms with van der Waals surface area (Å²) >= 11 is 0. The molecule has 0 aromatic heterocycles. The average Bonchev–Trinajstić information content (AvgIpc) is 3.14. The summed E-state index contributed by atoms with van der Waals surface area (Å²) in [6.07, 6.45) is 2.36. The number of rotatable bonds is 17. The number of benzene rings is 5. The van der Waals surface area contributed by atoms with Crippen LogP contribution in [-0.2, 0) is 29.0 Å². The number of hydrogen-bond acceptors (Lipinski definition) is 6. The van der Waals surface area contributed by atoms with E-state index < -0.39 is 12.1 Å². The SMILES string of the molecule is CCCc1c(OCCCOc2ccc(OC(C(=O)OC)c3ccccc3)cc2)cc(OCc2ccccc2)c(-c2ccc(F)cc2)c1CC. The lowest BCUT2D eigenvalue weighted by Crippen LogP contribution is -2.20. The van der Waals surface area contributed by atoms with Crippen LogP contribution in [0.5, 0.6) is 23.0 Å². The van der Waals surface area contributed by atoms with Crippen LogP contribution < -0.4 is 18.9 Å². The van der Waals surface area contributed by atoms with Crippen molar-refractivity contribution >= 4 is 5.97 Å². The van der Waals surface area contributed by atoms with E-state index >= 15 is 0 Å². The Balaban J connectivity index is 1.26. The molecule has 0 radical (unpaired) electrons. The van der Waals surface area contributed by atoms with Crippen molar-refractivity contribution in [2.75, 3.05) is 20.3 Å². The van der Waals surface area contributed by atoms with Gasteiger partial charge in [-0.2, -0.15) is 0 Å². The van der Waals surface area contributed by atoms with Gasteiger partial charge in [0.05, 0.1) is 20.3 Å². The van der Waals surface area contributed by atoms with Crippen LogP contribution in [-0.4, -0.2) is 26.3 Å². The van der Waals surface area contributed by atoms with E-state index in [9.17, 15) is 9.18 Å². The first-order valence-electron chi connectivity index (χ1n) is 16.8. The molecule has 0 heterocycles. The number of carbonyl (C=O) groups excluding carboxylic acids is 1. The normalized spacial score (nSPS) is 11.4. The van der Waals surface area contributed by atoms with E-state index in [1.165, 1.54) is 19.2 Å². The van der Waals surface area contributed by atoms with E-state index in [2.05, 4.69) is 13.8 Å². The van der Waals surface area contributed by atoms with Gasteiger partial charge in [0.15, 0.2) is 0 Å². The Kier molecular flexibility index (Phi) is 12.7. The molecule has 0 aliphatic carbocycles. The van der Waals surface area contributed by atoms with Crippen molar-refractivity contribution in [3.63, 3.8) is 0 Å². The van der Waals surface area contributed by atoms with Gasteiger partial charge in [-0.15, -0.1) is 0 Å². The first kappa shape index (κ1) is 35.0. The fourth-order valence-corrected chi connectivity index (χ4v) is 5.72. The highest BCUT2D eigenvalue weighted by Gasteiger charge is 2.24. The molecule has 5 aromatic carbocycles. The van der Waals surface area contributed by atoms with Gasteiger partial charge in [-0.1, -0.05) is 93.1 Å². The van der Waals surface area contributed by atoms with E-state index in [4.69, 9.17) is 23.7 Å².